The van der Waals surface area contributed by atoms with Crippen LogP contribution >= 0.6 is 11.6 Å². The average Bonchev–Trinajstić information content (AvgIpc) is 2.76. The van der Waals surface area contributed by atoms with Crippen LogP contribution in [0.1, 0.15) is 40.8 Å². The van der Waals surface area contributed by atoms with Gasteiger partial charge in [-0.15, -0.1) is 0 Å². The predicted octanol–water partition coefficient (Wildman–Crippen LogP) is 6.02. The van der Waals surface area contributed by atoms with Crippen LogP contribution in [0, 0.1) is 18.3 Å². The van der Waals surface area contributed by atoms with E-state index in [0.29, 0.717) is 22.3 Å². The van der Waals surface area contributed by atoms with Gasteiger partial charge in [-0.1, -0.05) is 47.5 Å². The van der Waals surface area contributed by atoms with Gasteiger partial charge in [0.1, 0.15) is 11.8 Å². The fourth-order valence-electron chi connectivity index (χ4n) is 3.21. The summed E-state index contributed by atoms with van der Waals surface area (Å²) in [6, 6.07) is 15.9. The van der Waals surface area contributed by atoms with E-state index in [1.165, 1.54) is 12.1 Å². The molecule has 0 saturated heterocycles. The molecule has 0 radical (unpaired) electrons. The van der Waals surface area contributed by atoms with Gasteiger partial charge in [-0.2, -0.15) is 18.4 Å². The SMILES string of the molecule is Cc1cccc(-c2nc(C(F)(F)F)ccc2CNC(=O)C(C)c2ccc(C#N)c(Cl)c2)c1. The first kappa shape index (κ1) is 23.3. The molecule has 1 aromatic heterocycles. The van der Waals surface area contributed by atoms with Crippen LogP contribution in [0.5, 0.6) is 0 Å². The van der Waals surface area contributed by atoms with Crippen LogP contribution in [0.4, 0.5) is 13.2 Å². The molecule has 0 saturated carbocycles. The highest BCUT2D eigenvalue weighted by Gasteiger charge is 2.33. The van der Waals surface area contributed by atoms with Crippen LogP contribution in [0.25, 0.3) is 11.3 Å². The molecule has 164 valence electrons. The number of benzene rings is 2. The number of halogens is 4. The molecule has 1 unspecified atom stereocenters. The molecular formula is C24H19ClF3N3O. The zero-order valence-corrected chi connectivity index (χ0v) is 18.1. The first-order valence-electron chi connectivity index (χ1n) is 9.71. The molecule has 2 aromatic carbocycles. The van der Waals surface area contributed by atoms with Crippen molar-refractivity contribution >= 4 is 17.5 Å². The molecule has 8 heteroatoms. The number of amides is 1. The van der Waals surface area contributed by atoms with E-state index < -0.39 is 17.8 Å². The number of nitrogens with zero attached hydrogens (tertiary/aromatic N) is 2. The van der Waals surface area contributed by atoms with Gasteiger partial charge >= 0.3 is 6.18 Å². The summed E-state index contributed by atoms with van der Waals surface area (Å²) in [6.45, 7) is 3.52. The Morgan fingerprint density at radius 2 is 1.94 bits per heavy atom. The summed E-state index contributed by atoms with van der Waals surface area (Å²) in [4.78, 5) is 16.5. The van der Waals surface area contributed by atoms with E-state index in [0.717, 1.165) is 11.6 Å². The highest BCUT2D eigenvalue weighted by molar-refractivity contribution is 6.31. The Morgan fingerprint density at radius 1 is 1.19 bits per heavy atom. The number of nitriles is 1. The van der Waals surface area contributed by atoms with Crippen molar-refractivity contribution in [1.82, 2.24) is 10.3 Å². The Hall–Kier alpha value is -3.37. The maximum atomic E-state index is 13.2. The summed E-state index contributed by atoms with van der Waals surface area (Å²) in [5.74, 6) is -0.911. The first-order chi connectivity index (χ1) is 15.1. The van der Waals surface area contributed by atoms with Crippen molar-refractivity contribution in [1.29, 1.82) is 5.26 Å². The maximum Gasteiger partial charge on any atom is 0.433 e. The number of pyridine rings is 1. The zero-order valence-electron chi connectivity index (χ0n) is 17.3. The molecule has 0 aliphatic rings. The van der Waals surface area contributed by atoms with Gasteiger partial charge in [0.05, 0.1) is 22.2 Å². The van der Waals surface area contributed by atoms with Crippen LogP contribution in [0.15, 0.2) is 54.6 Å². The summed E-state index contributed by atoms with van der Waals surface area (Å²) >= 11 is 6.05. The molecule has 0 aliphatic heterocycles. The standard InChI is InChI=1S/C24H19ClF3N3O/c1-14-4-3-5-17(10-14)22-19(8-9-21(31-22)24(26,27)28)13-30-23(32)15(2)16-6-7-18(12-29)20(25)11-16/h3-11,15H,13H2,1-2H3,(H,30,32). The number of carbonyl (C=O) groups excluding carboxylic acids is 1. The number of hydrogen-bond acceptors (Lipinski definition) is 3. The number of aromatic nitrogens is 1. The summed E-state index contributed by atoms with van der Waals surface area (Å²) in [7, 11) is 0. The quantitative estimate of drug-likeness (QED) is 0.509. The number of carbonyl (C=O) groups is 1. The smallest absolute Gasteiger partial charge is 0.351 e. The summed E-state index contributed by atoms with van der Waals surface area (Å²) in [5.41, 5.74) is 1.97. The maximum absolute atomic E-state index is 13.2. The molecule has 4 nitrogen and oxygen atoms in total. The van der Waals surface area contributed by atoms with Gasteiger partial charge in [0.15, 0.2) is 0 Å². The van der Waals surface area contributed by atoms with Crippen molar-refractivity contribution in [3.8, 4) is 17.3 Å². The number of alkyl halides is 3. The van der Waals surface area contributed by atoms with Crippen LogP contribution in [-0.2, 0) is 17.5 Å². The van der Waals surface area contributed by atoms with Crippen molar-refractivity contribution in [2.45, 2.75) is 32.5 Å². The monoisotopic (exact) mass is 457 g/mol. The minimum Gasteiger partial charge on any atom is -0.351 e. The molecule has 3 rings (SSSR count). The van der Waals surface area contributed by atoms with Gasteiger partial charge in [-0.25, -0.2) is 4.98 Å². The lowest BCUT2D eigenvalue weighted by molar-refractivity contribution is -0.141. The molecule has 0 bridgehead atoms. The normalized spacial score (nSPS) is 12.2. The minimum absolute atomic E-state index is 0.00158. The highest BCUT2D eigenvalue weighted by Crippen LogP contribution is 2.31. The molecule has 0 aliphatic carbocycles. The number of rotatable bonds is 5. The molecular weight excluding hydrogens is 439 g/mol. The highest BCUT2D eigenvalue weighted by atomic mass is 35.5. The molecule has 1 amide bonds. The van der Waals surface area contributed by atoms with Gasteiger partial charge < -0.3 is 5.32 Å². The lowest BCUT2D eigenvalue weighted by Gasteiger charge is -2.16. The second kappa shape index (κ2) is 9.41. The molecule has 1 heterocycles. The van der Waals surface area contributed by atoms with Crippen molar-refractivity contribution < 1.29 is 18.0 Å². The minimum atomic E-state index is -4.58. The summed E-state index contributed by atoms with van der Waals surface area (Å²) < 4.78 is 39.7. The van der Waals surface area contributed by atoms with Crippen molar-refractivity contribution in [2.24, 2.45) is 0 Å². The van der Waals surface area contributed by atoms with Crippen LogP contribution in [0.2, 0.25) is 5.02 Å². The van der Waals surface area contributed by atoms with E-state index in [-0.39, 0.29) is 23.2 Å². The Balaban J connectivity index is 1.86. The van der Waals surface area contributed by atoms with Gasteiger partial charge in [0.25, 0.3) is 0 Å². The average molecular weight is 458 g/mol. The van der Waals surface area contributed by atoms with Crippen molar-refractivity contribution in [3.05, 3.63) is 87.6 Å². The lowest BCUT2D eigenvalue weighted by atomic mass is 9.98. The summed E-state index contributed by atoms with van der Waals surface area (Å²) in [6.07, 6.45) is -4.58. The Bertz CT molecular complexity index is 1200. The number of hydrogen-bond donors (Lipinski definition) is 1. The van der Waals surface area contributed by atoms with Crippen molar-refractivity contribution in [2.75, 3.05) is 0 Å². The van der Waals surface area contributed by atoms with E-state index in [1.807, 2.05) is 19.1 Å². The third kappa shape index (κ3) is 5.27. The fourth-order valence-corrected chi connectivity index (χ4v) is 3.44. The number of aryl methyl sites for hydroxylation is 1. The fraction of sp³-hybridized carbons (Fsp3) is 0.208. The molecule has 32 heavy (non-hydrogen) atoms. The van der Waals surface area contributed by atoms with Crippen LogP contribution in [0.3, 0.4) is 0 Å². The number of nitrogens with one attached hydrogen (secondary N) is 1. The zero-order chi connectivity index (χ0) is 23.5. The van der Waals surface area contributed by atoms with Crippen LogP contribution in [-0.4, -0.2) is 10.9 Å². The molecule has 1 atom stereocenters. The Labute approximate surface area is 188 Å². The van der Waals surface area contributed by atoms with E-state index in [9.17, 15) is 18.0 Å². The molecule has 0 fully saturated rings. The second-order valence-electron chi connectivity index (χ2n) is 7.36. The molecule has 3 aromatic rings. The van der Waals surface area contributed by atoms with Gasteiger partial charge in [-0.3, -0.25) is 4.79 Å². The largest absolute Gasteiger partial charge is 0.433 e. The van der Waals surface area contributed by atoms with Gasteiger partial charge in [0, 0.05) is 12.1 Å². The topological polar surface area (TPSA) is 65.8 Å². The lowest BCUT2D eigenvalue weighted by Crippen LogP contribution is -2.28. The first-order valence-corrected chi connectivity index (χ1v) is 10.1. The summed E-state index contributed by atoms with van der Waals surface area (Å²) in [5, 5.41) is 12.0. The van der Waals surface area contributed by atoms with E-state index in [2.05, 4.69) is 10.3 Å². The third-order valence-corrected chi connectivity index (χ3v) is 5.33. The van der Waals surface area contributed by atoms with Gasteiger partial charge in [-0.05, 0) is 49.2 Å². The predicted molar refractivity (Wildman–Crippen MR) is 116 cm³/mol. The van der Waals surface area contributed by atoms with Crippen LogP contribution < -0.4 is 5.32 Å². The second-order valence-corrected chi connectivity index (χ2v) is 7.77. The van der Waals surface area contributed by atoms with Crippen molar-refractivity contribution in [3.63, 3.8) is 0 Å². The third-order valence-electron chi connectivity index (χ3n) is 5.02. The van der Waals surface area contributed by atoms with Gasteiger partial charge in [0.2, 0.25) is 5.91 Å². The van der Waals surface area contributed by atoms with E-state index >= 15 is 0 Å². The molecule has 1 N–H and O–H groups in total. The Kier molecular flexibility index (Phi) is 6.85. The van der Waals surface area contributed by atoms with E-state index in [1.54, 1.807) is 37.3 Å². The Morgan fingerprint density at radius 3 is 2.56 bits per heavy atom. The van der Waals surface area contributed by atoms with E-state index in [4.69, 9.17) is 16.9 Å². The molecule has 0 spiro atoms.